The Morgan fingerprint density at radius 3 is 2.68 bits per heavy atom. The maximum Gasteiger partial charge on any atom is 0.348 e. The average molecular weight is 282 g/mol. The first-order valence-electron chi connectivity index (χ1n) is 7.36. The van der Waals surface area contributed by atoms with Gasteiger partial charge in [0.1, 0.15) is 4.88 Å². The van der Waals surface area contributed by atoms with E-state index in [1.54, 1.807) is 0 Å². The van der Waals surface area contributed by atoms with Crippen LogP contribution in [-0.4, -0.2) is 12.6 Å². The van der Waals surface area contributed by atoms with Crippen LogP contribution in [-0.2, 0) is 4.74 Å². The first-order chi connectivity index (χ1) is 9.11. The van der Waals surface area contributed by atoms with Crippen molar-refractivity contribution >= 4 is 17.3 Å². The van der Waals surface area contributed by atoms with E-state index in [9.17, 15) is 4.79 Å². The molecule has 0 radical (unpaired) electrons. The van der Waals surface area contributed by atoms with Gasteiger partial charge in [-0.05, 0) is 42.7 Å². The van der Waals surface area contributed by atoms with Gasteiger partial charge in [0.25, 0.3) is 0 Å². The maximum atomic E-state index is 11.9. The monoisotopic (exact) mass is 282 g/mol. The third-order valence-electron chi connectivity index (χ3n) is 3.47. The van der Waals surface area contributed by atoms with Gasteiger partial charge in [0.15, 0.2) is 0 Å². The Morgan fingerprint density at radius 1 is 1.32 bits per heavy atom. The lowest BCUT2D eigenvalue weighted by Crippen LogP contribution is -2.07. The second-order valence-corrected chi connectivity index (χ2v) is 6.01. The number of hydrogen-bond donors (Lipinski definition) is 0. The van der Waals surface area contributed by atoms with Gasteiger partial charge < -0.3 is 4.74 Å². The minimum atomic E-state index is -0.156. The van der Waals surface area contributed by atoms with E-state index < -0.39 is 0 Å². The molecule has 3 heteroatoms. The van der Waals surface area contributed by atoms with Crippen LogP contribution in [0.1, 0.15) is 79.6 Å². The molecule has 19 heavy (non-hydrogen) atoms. The topological polar surface area (TPSA) is 26.3 Å². The van der Waals surface area contributed by atoms with E-state index >= 15 is 0 Å². The van der Waals surface area contributed by atoms with Crippen LogP contribution in [0.4, 0.5) is 0 Å². The van der Waals surface area contributed by atoms with Crippen LogP contribution in [0.2, 0.25) is 0 Å². The lowest BCUT2D eigenvalue weighted by Gasteiger charge is -2.14. The van der Waals surface area contributed by atoms with E-state index in [4.69, 9.17) is 4.74 Å². The van der Waals surface area contributed by atoms with Gasteiger partial charge in [-0.25, -0.2) is 4.79 Å². The molecule has 2 nitrogen and oxygen atoms in total. The van der Waals surface area contributed by atoms with E-state index in [0.29, 0.717) is 12.5 Å². The summed E-state index contributed by atoms with van der Waals surface area (Å²) in [6.45, 7) is 8.85. The SMILES string of the molecule is CCCCCCC(C)c1c(C)csc1C(=O)OCC. The van der Waals surface area contributed by atoms with Gasteiger partial charge in [-0.2, -0.15) is 0 Å². The molecule has 0 spiro atoms. The van der Waals surface area contributed by atoms with Crippen LogP contribution in [0.25, 0.3) is 0 Å². The molecule has 1 heterocycles. The third kappa shape index (κ3) is 4.64. The zero-order valence-corrected chi connectivity index (χ0v) is 13.4. The van der Waals surface area contributed by atoms with E-state index in [-0.39, 0.29) is 5.97 Å². The number of esters is 1. The number of ether oxygens (including phenoxy) is 1. The average Bonchev–Trinajstić information content (AvgIpc) is 2.77. The van der Waals surface area contributed by atoms with Crippen LogP contribution in [0.15, 0.2) is 5.38 Å². The summed E-state index contributed by atoms with van der Waals surface area (Å²) < 4.78 is 5.15. The highest BCUT2D eigenvalue weighted by molar-refractivity contribution is 7.12. The van der Waals surface area contributed by atoms with Crippen LogP contribution in [0.5, 0.6) is 0 Å². The largest absolute Gasteiger partial charge is 0.462 e. The molecule has 0 saturated carbocycles. The highest BCUT2D eigenvalue weighted by atomic mass is 32.1. The Morgan fingerprint density at radius 2 is 2.05 bits per heavy atom. The molecule has 0 aliphatic carbocycles. The number of carbonyl (C=O) groups is 1. The van der Waals surface area contributed by atoms with Gasteiger partial charge in [-0.3, -0.25) is 0 Å². The van der Waals surface area contributed by atoms with Gasteiger partial charge in [-0.1, -0.05) is 39.5 Å². The molecule has 1 aromatic rings. The van der Waals surface area contributed by atoms with Crippen LogP contribution < -0.4 is 0 Å². The molecule has 0 aromatic carbocycles. The van der Waals surface area contributed by atoms with Crippen molar-refractivity contribution in [3.63, 3.8) is 0 Å². The summed E-state index contributed by atoms with van der Waals surface area (Å²) in [7, 11) is 0. The molecule has 1 aromatic heterocycles. The fourth-order valence-corrected chi connectivity index (χ4v) is 3.51. The Balaban J connectivity index is 2.69. The lowest BCUT2D eigenvalue weighted by molar-refractivity contribution is 0.0530. The number of thiophene rings is 1. The normalized spacial score (nSPS) is 12.4. The third-order valence-corrected chi connectivity index (χ3v) is 4.56. The molecule has 1 rings (SSSR count). The molecule has 0 saturated heterocycles. The fourth-order valence-electron chi connectivity index (χ4n) is 2.44. The van der Waals surface area contributed by atoms with Crippen molar-refractivity contribution < 1.29 is 9.53 Å². The lowest BCUT2D eigenvalue weighted by atomic mass is 9.92. The van der Waals surface area contributed by atoms with Gasteiger partial charge in [0, 0.05) is 0 Å². The van der Waals surface area contributed by atoms with Crippen molar-refractivity contribution in [2.45, 2.75) is 65.7 Å². The number of carbonyl (C=O) groups excluding carboxylic acids is 1. The summed E-state index contributed by atoms with van der Waals surface area (Å²) in [5.74, 6) is 0.290. The fraction of sp³-hybridized carbons (Fsp3) is 0.688. The second-order valence-electron chi connectivity index (χ2n) is 5.13. The van der Waals surface area contributed by atoms with Crippen LogP contribution in [0.3, 0.4) is 0 Å². The van der Waals surface area contributed by atoms with E-state index in [1.807, 2.05) is 6.92 Å². The van der Waals surface area contributed by atoms with Crippen molar-refractivity contribution in [2.24, 2.45) is 0 Å². The summed E-state index contributed by atoms with van der Waals surface area (Å²) in [6, 6.07) is 0. The summed E-state index contributed by atoms with van der Waals surface area (Å²) in [5.41, 5.74) is 2.44. The molecule has 0 bridgehead atoms. The van der Waals surface area contributed by atoms with E-state index in [0.717, 1.165) is 11.3 Å². The predicted molar refractivity (Wildman–Crippen MR) is 82.2 cm³/mol. The first-order valence-corrected chi connectivity index (χ1v) is 8.24. The number of rotatable bonds is 8. The van der Waals surface area contributed by atoms with Gasteiger partial charge in [0.2, 0.25) is 0 Å². The minimum absolute atomic E-state index is 0.156. The van der Waals surface area contributed by atoms with Gasteiger partial charge in [0.05, 0.1) is 6.61 Å². The molecule has 0 amide bonds. The Bertz CT molecular complexity index is 395. The Kier molecular flexibility index (Phi) is 7.14. The molecule has 0 fully saturated rings. The smallest absolute Gasteiger partial charge is 0.348 e. The first kappa shape index (κ1) is 16.2. The second kappa shape index (κ2) is 8.36. The minimum Gasteiger partial charge on any atom is -0.462 e. The van der Waals surface area contributed by atoms with Crippen molar-refractivity contribution in [3.05, 3.63) is 21.4 Å². The quantitative estimate of drug-likeness (QED) is 0.477. The zero-order chi connectivity index (χ0) is 14.3. The molecular weight excluding hydrogens is 256 g/mol. The summed E-state index contributed by atoms with van der Waals surface area (Å²) in [4.78, 5) is 12.8. The number of aryl methyl sites for hydroxylation is 1. The summed E-state index contributed by atoms with van der Waals surface area (Å²) in [5, 5.41) is 2.07. The van der Waals surface area contributed by atoms with Crippen LogP contribution in [0, 0.1) is 6.92 Å². The highest BCUT2D eigenvalue weighted by Crippen LogP contribution is 2.33. The van der Waals surface area contributed by atoms with E-state index in [2.05, 4.69) is 26.2 Å². The van der Waals surface area contributed by atoms with Crippen molar-refractivity contribution in [3.8, 4) is 0 Å². The highest BCUT2D eigenvalue weighted by Gasteiger charge is 2.21. The van der Waals surface area contributed by atoms with Crippen molar-refractivity contribution in [1.82, 2.24) is 0 Å². The standard InChI is InChI=1S/C16H26O2S/c1-5-7-8-9-10-12(3)14-13(4)11-19-15(14)16(17)18-6-2/h11-12H,5-10H2,1-4H3. The summed E-state index contributed by atoms with van der Waals surface area (Å²) >= 11 is 1.52. The molecule has 0 N–H and O–H groups in total. The number of hydrogen-bond acceptors (Lipinski definition) is 3. The maximum absolute atomic E-state index is 11.9. The molecule has 0 aliphatic heterocycles. The van der Waals surface area contributed by atoms with Crippen molar-refractivity contribution in [1.29, 1.82) is 0 Å². The van der Waals surface area contributed by atoms with Gasteiger partial charge in [-0.15, -0.1) is 11.3 Å². The Hall–Kier alpha value is -0.830. The molecule has 1 unspecified atom stereocenters. The van der Waals surface area contributed by atoms with Crippen molar-refractivity contribution in [2.75, 3.05) is 6.61 Å². The Labute approximate surface area is 121 Å². The predicted octanol–water partition coefficient (Wildman–Crippen LogP) is 5.31. The molecule has 108 valence electrons. The molecule has 0 aliphatic rings. The zero-order valence-electron chi connectivity index (χ0n) is 12.6. The van der Waals surface area contributed by atoms with Crippen LogP contribution >= 0.6 is 11.3 Å². The molecule has 1 atom stereocenters. The van der Waals surface area contributed by atoms with Gasteiger partial charge >= 0.3 is 5.97 Å². The number of unbranched alkanes of at least 4 members (excludes halogenated alkanes) is 3. The van der Waals surface area contributed by atoms with E-state index in [1.165, 1.54) is 48.1 Å². The summed E-state index contributed by atoms with van der Waals surface area (Å²) in [6.07, 6.45) is 6.26. The molecular formula is C16H26O2S.